The normalized spacial score (nSPS) is 11.1. The maximum absolute atomic E-state index is 5.91. The van der Waals surface area contributed by atoms with Crippen LogP contribution in [0.5, 0.6) is 5.75 Å². The summed E-state index contributed by atoms with van der Waals surface area (Å²) in [5.74, 6) is 0.892. The van der Waals surface area contributed by atoms with Gasteiger partial charge in [0.15, 0.2) is 0 Å². The Hall–Kier alpha value is -3.45. The number of hydrogen-bond donors (Lipinski definition) is 1. The fourth-order valence-corrected chi connectivity index (χ4v) is 3.63. The summed E-state index contributed by atoms with van der Waals surface area (Å²) < 4.78 is 7.93. The van der Waals surface area contributed by atoms with E-state index in [4.69, 9.17) is 4.74 Å². The minimum Gasteiger partial charge on any atom is -0.493 e. The summed E-state index contributed by atoms with van der Waals surface area (Å²) in [6.45, 7) is 3.49. The van der Waals surface area contributed by atoms with Gasteiger partial charge in [-0.15, -0.1) is 11.3 Å². The van der Waals surface area contributed by atoms with Crippen molar-refractivity contribution in [2.24, 2.45) is 5.10 Å². The predicted molar refractivity (Wildman–Crippen MR) is 122 cm³/mol. The lowest BCUT2D eigenvalue weighted by atomic mass is 10.1. The maximum Gasteiger partial charge on any atom is 0.203 e. The van der Waals surface area contributed by atoms with Crippen LogP contribution in [0.3, 0.4) is 0 Å². The van der Waals surface area contributed by atoms with E-state index in [1.165, 1.54) is 11.3 Å². The van der Waals surface area contributed by atoms with Gasteiger partial charge in [-0.3, -0.25) is 5.43 Å². The lowest BCUT2D eigenvalue weighted by molar-refractivity contribution is 0.313. The van der Waals surface area contributed by atoms with Crippen LogP contribution in [0.25, 0.3) is 11.3 Å². The summed E-state index contributed by atoms with van der Waals surface area (Å²) >= 11 is 1.53. The van der Waals surface area contributed by atoms with E-state index in [2.05, 4.69) is 33.5 Å². The van der Waals surface area contributed by atoms with E-state index in [0.29, 0.717) is 13.2 Å². The van der Waals surface area contributed by atoms with Crippen LogP contribution in [-0.4, -0.2) is 27.4 Å². The van der Waals surface area contributed by atoms with E-state index >= 15 is 0 Å². The number of rotatable bonds is 9. The van der Waals surface area contributed by atoms with Gasteiger partial charge in [0.05, 0.1) is 31.4 Å². The molecule has 0 atom stereocenters. The van der Waals surface area contributed by atoms with Gasteiger partial charge in [-0.2, -0.15) is 5.10 Å². The van der Waals surface area contributed by atoms with Gasteiger partial charge in [0.25, 0.3) is 0 Å². The quantitative estimate of drug-likeness (QED) is 0.297. The Kier molecular flexibility index (Phi) is 6.51. The molecule has 0 unspecified atom stereocenters. The van der Waals surface area contributed by atoms with Crippen LogP contribution in [0.4, 0.5) is 5.13 Å². The van der Waals surface area contributed by atoms with Gasteiger partial charge in [-0.05, 0) is 30.2 Å². The first-order valence-electron chi connectivity index (χ1n) is 9.83. The Morgan fingerprint density at radius 2 is 2.10 bits per heavy atom. The summed E-state index contributed by atoms with van der Waals surface area (Å²) in [5.41, 5.74) is 7.14. The van der Waals surface area contributed by atoms with Gasteiger partial charge in [0.2, 0.25) is 5.13 Å². The highest BCUT2D eigenvalue weighted by Gasteiger charge is 2.06. The molecular formula is C23H23N5OS. The lowest BCUT2D eigenvalue weighted by Gasteiger charge is -2.12. The monoisotopic (exact) mass is 417 g/mol. The molecule has 152 valence electrons. The first kappa shape index (κ1) is 19.8. The molecule has 1 N–H and O–H groups in total. The van der Waals surface area contributed by atoms with E-state index in [1.807, 2.05) is 58.6 Å². The van der Waals surface area contributed by atoms with Crippen molar-refractivity contribution >= 4 is 22.7 Å². The van der Waals surface area contributed by atoms with E-state index in [1.54, 1.807) is 18.7 Å². The summed E-state index contributed by atoms with van der Waals surface area (Å²) in [6.07, 6.45) is 8.29. The number of aromatic nitrogens is 3. The Bertz CT molecular complexity index is 1090. The topological polar surface area (TPSA) is 64.3 Å². The van der Waals surface area contributed by atoms with Crippen LogP contribution in [0, 0.1) is 0 Å². The number of ether oxygens (including phenoxy) is 1. The molecule has 2 aromatic carbocycles. The molecule has 0 aliphatic carbocycles. The van der Waals surface area contributed by atoms with Crippen LogP contribution < -0.4 is 10.2 Å². The van der Waals surface area contributed by atoms with Crippen molar-refractivity contribution < 1.29 is 4.74 Å². The van der Waals surface area contributed by atoms with Crippen LogP contribution in [0.15, 0.2) is 77.7 Å². The van der Waals surface area contributed by atoms with E-state index in [0.717, 1.165) is 39.7 Å². The fourth-order valence-electron chi connectivity index (χ4n) is 2.96. The van der Waals surface area contributed by atoms with Crippen molar-refractivity contribution in [3.8, 4) is 17.0 Å². The van der Waals surface area contributed by atoms with Crippen LogP contribution >= 0.6 is 11.3 Å². The molecule has 7 heteroatoms. The number of nitrogens with one attached hydrogen (secondary N) is 1. The molecule has 0 amide bonds. The Balaban J connectivity index is 1.46. The summed E-state index contributed by atoms with van der Waals surface area (Å²) in [4.78, 5) is 8.71. The summed E-state index contributed by atoms with van der Waals surface area (Å²) in [5, 5.41) is 7.14. The van der Waals surface area contributed by atoms with Gasteiger partial charge in [-0.25, -0.2) is 9.97 Å². The number of imidazole rings is 1. The van der Waals surface area contributed by atoms with Crippen molar-refractivity contribution in [2.75, 3.05) is 12.0 Å². The first-order chi connectivity index (χ1) is 14.8. The Morgan fingerprint density at radius 1 is 1.20 bits per heavy atom. The Morgan fingerprint density at radius 3 is 2.90 bits per heavy atom. The minimum atomic E-state index is 0.694. The van der Waals surface area contributed by atoms with Crippen molar-refractivity contribution in [1.82, 2.24) is 14.5 Å². The first-order valence-corrected chi connectivity index (χ1v) is 10.7. The molecule has 2 heterocycles. The van der Waals surface area contributed by atoms with Crippen molar-refractivity contribution in [2.45, 2.75) is 19.9 Å². The minimum absolute atomic E-state index is 0.694. The number of anilines is 1. The zero-order valence-corrected chi connectivity index (χ0v) is 17.5. The van der Waals surface area contributed by atoms with Crippen molar-refractivity contribution in [3.05, 3.63) is 83.8 Å². The molecule has 2 aromatic heterocycles. The highest BCUT2D eigenvalue weighted by atomic mass is 32.1. The molecule has 0 fully saturated rings. The Labute approximate surface area is 179 Å². The van der Waals surface area contributed by atoms with Crippen LogP contribution in [0.2, 0.25) is 0 Å². The average molecular weight is 418 g/mol. The third-order valence-corrected chi connectivity index (χ3v) is 5.15. The van der Waals surface area contributed by atoms with Gasteiger partial charge < -0.3 is 9.30 Å². The number of hydrazone groups is 1. The predicted octanol–water partition coefficient (Wildman–Crippen LogP) is 5.29. The second kappa shape index (κ2) is 9.84. The van der Waals surface area contributed by atoms with Gasteiger partial charge in [0.1, 0.15) is 5.75 Å². The van der Waals surface area contributed by atoms with Crippen molar-refractivity contribution in [1.29, 1.82) is 0 Å². The van der Waals surface area contributed by atoms with Gasteiger partial charge in [0, 0.05) is 28.9 Å². The molecular weight excluding hydrogens is 394 g/mol. The van der Waals surface area contributed by atoms with Crippen LogP contribution in [0.1, 0.15) is 24.5 Å². The number of nitrogens with zero attached hydrogens (tertiary/aromatic N) is 4. The molecule has 0 radical (unpaired) electrons. The number of hydrogen-bond acceptors (Lipinski definition) is 6. The van der Waals surface area contributed by atoms with Crippen molar-refractivity contribution in [3.63, 3.8) is 0 Å². The van der Waals surface area contributed by atoms with Crippen LogP contribution in [-0.2, 0) is 6.54 Å². The number of thiazole rings is 1. The maximum atomic E-state index is 5.91. The smallest absolute Gasteiger partial charge is 0.203 e. The fraction of sp³-hybridized carbons (Fsp3) is 0.174. The second-order valence-electron chi connectivity index (χ2n) is 6.72. The molecule has 0 aliphatic heterocycles. The molecule has 0 saturated heterocycles. The third-order valence-electron chi connectivity index (χ3n) is 4.41. The van der Waals surface area contributed by atoms with E-state index in [9.17, 15) is 0 Å². The molecule has 0 bridgehead atoms. The SMILES string of the molecule is CCCOc1ccc(C=NNc2nc(-c3ccccc3)cs2)cc1Cn1ccnc1. The van der Waals surface area contributed by atoms with E-state index in [-0.39, 0.29) is 0 Å². The molecule has 30 heavy (non-hydrogen) atoms. The highest BCUT2D eigenvalue weighted by molar-refractivity contribution is 7.14. The van der Waals surface area contributed by atoms with Gasteiger partial charge >= 0.3 is 0 Å². The van der Waals surface area contributed by atoms with Gasteiger partial charge in [-0.1, -0.05) is 37.3 Å². The molecule has 4 rings (SSSR count). The molecule has 0 saturated carbocycles. The standard InChI is InChI=1S/C23H23N5OS/c1-2-12-29-22-9-8-18(13-20(22)15-28-11-10-24-17-28)14-25-27-23-26-21(16-30-23)19-6-4-3-5-7-19/h3-11,13-14,16-17H,2,12,15H2,1H3,(H,26,27). The summed E-state index contributed by atoms with van der Waals surface area (Å²) in [6, 6.07) is 16.2. The molecule has 0 aliphatic rings. The lowest BCUT2D eigenvalue weighted by Crippen LogP contribution is -2.04. The molecule has 4 aromatic rings. The largest absolute Gasteiger partial charge is 0.493 e. The third kappa shape index (κ3) is 5.12. The van der Waals surface area contributed by atoms with E-state index < -0.39 is 0 Å². The number of benzene rings is 2. The summed E-state index contributed by atoms with van der Waals surface area (Å²) in [7, 11) is 0. The highest BCUT2D eigenvalue weighted by Crippen LogP contribution is 2.25. The zero-order chi connectivity index (χ0) is 20.6. The molecule has 0 spiro atoms. The average Bonchev–Trinajstić information content (AvgIpc) is 3.46. The second-order valence-corrected chi connectivity index (χ2v) is 7.58. The molecule has 6 nitrogen and oxygen atoms in total. The zero-order valence-electron chi connectivity index (χ0n) is 16.7.